The fraction of sp³-hybridized carbons (Fsp3) is 0.579. The zero-order valence-corrected chi connectivity index (χ0v) is 35.1. The Balaban J connectivity index is 1.43. The summed E-state index contributed by atoms with van der Waals surface area (Å²) >= 11 is 0. The van der Waals surface area contributed by atoms with Crippen LogP contribution in [0, 0.1) is 11.6 Å². The van der Waals surface area contributed by atoms with E-state index in [2.05, 4.69) is 10.5 Å². The van der Waals surface area contributed by atoms with Crippen molar-refractivity contribution in [2.45, 2.75) is 110 Å². The van der Waals surface area contributed by atoms with Crippen molar-refractivity contribution in [2.24, 2.45) is 5.16 Å². The lowest BCUT2D eigenvalue weighted by atomic mass is 9.84. The largest absolute Gasteiger partial charge is 0.480 e. The monoisotopic (exact) mass is 853 g/mol. The van der Waals surface area contributed by atoms with E-state index in [4.69, 9.17) is 27.9 Å². The lowest BCUT2D eigenvalue weighted by Crippen LogP contribution is -2.52. The lowest BCUT2D eigenvalue weighted by molar-refractivity contribution is -0.138. The quantitative estimate of drug-likeness (QED) is 0.181. The number of nitrogens with one attached hydrogen (secondary N) is 1. The van der Waals surface area contributed by atoms with Gasteiger partial charge in [-0.05, 0) is 74.3 Å². The molecule has 2 bridgehead atoms. The number of halogens is 2. The highest BCUT2D eigenvalue weighted by molar-refractivity contribution is 7.48. The van der Waals surface area contributed by atoms with Crippen LogP contribution in [0.1, 0.15) is 107 Å². The van der Waals surface area contributed by atoms with Gasteiger partial charge in [0, 0.05) is 49.9 Å². The summed E-state index contributed by atoms with van der Waals surface area (Å²) in [6, 6.07) is 1.77. The number of fused-ring (bicyclic) bond motifs is 5. The Morgan fingerprint density at radius 2 is 1.80 bits per heavy atom. The highest BCUT2D eigenvalue weighted by Crippen LogP contribution is 2.55. The van der Waals surface area contributed by atoms with Crippen LogP contribution in [0.3, 0.4) is 0 Å². The van der Waals surface area contributed by atoms with E-state index in [9.17, 15) is 42.4 Å². The topological polar surface area (TPSA) is 214 Å². The Hall–Kier alpha value is -4.91. The summed E-state index contributed by atoms with van der Waals surface area (Å²) in [6.07, 6.45) is 1.28. The number of phosphoric acid groups is 1. The summed E-state index contributed by atoms with van der Waals surface area (Å²) in [5, 5.41) is 16.2. The summed E-state index contributed by atoms with van der Waals surface area (Å²) in [6.45, 7) is 10.1. The first-order valence-electron chi connectivity index (χ1n) is 18.9. The zero-order chi connectivity index (χ0) is 43.7. The maximum Gasteiger partial charge on any atom is 0.475 e. The number of pyridine rings is 1. The standard InChI is InChI=1S/C38H50F2N5O13P/c1-22-16-38(56-42-22)12-11-23(2)44-19-28(38)45-18-26(33(49)41-17-24-9-10-25(39)15-27(24)40)31(48)32(30(45)34(44)50)53-21-54-35(51)43(20-29(46)47)13-14-55-59(52,57-36(3,4)5)58-37(6,7)8/h9-10,15,18,23,28H,11-14,16-17,19-21H2,1-8H3,(H,41,49)(H,46,47)/t23-,28+,38-/m0/s1. The summed E-state index contributed by atoms with van der Waals surface area (Å²) in [5.41, 5.74) is -4.18. The highest BCUT2D eigenvalue weighted by Gasteiger charge is 2.54. The van der Waals surface area contributed by atoms with Gasteiger partial charge in [0.15, 0.2) is 11.3 Å². The van der Waals surface area contributed by atoms with E-state index in [1.54, 1.807) is 53.4 Å². The number of carboxylic acids is 1. The van der Waals surface area contributed by atoms with Crippen LogP contribution >= 0.6 is 7.82 Å². The molecule has 0 saturated carbocycles. The Kier molecular flexibility index (Phi) is 13.3. The van der Waals surface area contributed by atoms with Crippen molar-refractivity contribution in [3.05, 3.63) is 63.1 Å². The number of rotatable bonds is 14. The van der Waals surface area contributed by atoms with E-state index < -0.39 is 116 Å². The minimum atomic E-state index is -4.24. The van der Waals surface area contributed by atoms with E-state index in [1.807, 2.05) is 6.92 Å². The third-order valence-electron chi connectivity index (χ3n) is 9.48. The summed E-state index contributed by atoms with van der Waals surface area (Å²) in [5.74, 6) is -5.46. The van der Waals surface area contributed by atoms with Gasteiger partial charge >= 0.3 is 19.9 Å². The second-order valence-electron chi connectivity index (χ2n) is 16.6. The summed E-state index contributed by atoms with van der Waals surface area (Å²) < 4.78 is 70.4. The zero-order valence-electron chi connectivity index (χ0n) is 34.2. The summed E-state index contributed by atoms with van der Waals surface area (Å²) in [7, 11) is -4.24. The molecule has 324 valence electrons. The molecule has 21 heteroatoms. The molecule has 1 spiro atoms. The molecular formula is C38H50F2N5O13P. The predicted octanol–water partition coefficient (Wildman–Crippen LogP) is 5.39. The van der Waals surface area contributed by atoms with Crippen molar-refractivity contribution in [3.63, 3.8) is 0 Å². The average molecular weight is 854 g/mol. The molecule has 1 aromatic carbocycles. The molecule has 4 heterocycles. The SMILES string of the molecule is CC1=NO[C@@]2(CC[C@H](C)N3C[C@H]2n2cc(C(=O)NCc4ccc(F)cc4F)c(=O)c(OCOC(=O)N(CCOP(=O)(OC(C)(C)C)OC(C)(C)C)CC(=O)O)c2C3=O)C1. The van der Waals surface area contributed by atoms with Crippen molar-refractivity contribution in [1.29, 1.82) is 0 Å². The van der Waals surface area contributed by atoms with Crippen molar-refractivity contribution in [2.75, 3.05) is 33.0 Å². The Morgan fingerprint density at radius 1 is 1.12 bits per heavy atom. The van der Waals surface area contributed by atoms with Gasteiger partial charge in [0.05, 0.1) is 29.6 Å². The third-order valence-corrected chi connectivity index (χ3v) is 11.5. The van der Waals surface area contributed by atoms with Gasteiger partial charge in [0.1, 0.15) is 23.7 Å². The first-order valence-corrected chi connectivity index (χ1v) is 20.3. The van der Waals surface area contributed by atoms with Gasteiger partial charge in [-0.3, -0.25) is 37.6 Å². The number of ether oxygens (including phenoxy) is 2. The van der Waals surface area contributed by atoms with Crippen LogP contribution in [0.25, 0.3) is 0 Å². The number of nitrogens with zero attached hydrogens (tertiary/aromatic N) is 4. The van der Waals surface area contributed by atoms with E-state index in [1.165, 1.54) is 10.8 Å². The molecule has 5 rings (SSSR count). The van der Waals surface area contributed by atoms with Crippen LogP contribution in [0.4, 0.5) is 13.6 Å². The van der Waals surface area contributed by atoms with Crippen LogP contribution in [0.5, 0.6) is 5.75 Å². The first-order chi connectivity index (χ1) is 27.4. The maximum absolute atomic E-state index is 14.4. The minimum absolute atomic E-state index is 0.0710. The lowest BCUT2D eigenvalue weighted by Gasteiger charge is -2.42. The van der Waals surface area contributed by atoms with Gasteiger partial charge in [-0.2, -0.15) is 0 Å². The third kappa shape index (κ3) is 10.8. The number of carbonyl (C=O) groups is 4. The fourth-order valence-electron chi connectivity index (χ4n) is 6.98. The Labute approximate surface area is 339 Å². The van der Waals surface area contributed by atoms with Gasteiger partial charge in [-0.1, -0.05) is 11.2 Å². The average Bonchev–Trinajstić information content (AvgIpc) is 3.43. The number of amides is 3. The first kappa shape index (κ1) is 45.2. The maximum atomic E-state index is 14.4. The molecule has 1 fully saturated rings. The number of aromatic nitrogens is 1. The van der Waals surface area contributed by atoms with E-state index in [0.717, 1.165) is 12.1 Å². The molecule has 1 aromatic heterocycles. The van der Waals surface area contributed by atoms with Crippen molar-refractivity contribution >= 4 is 37.4 Å². The van der Waals surface area contributed by atoms with Gasteiger partial charge in [0.2, 0.25) is 18.0 Å². The second kappa shape index (κ2) is 17.4. The molecule has 0 aliphatic carbocycles. The molecule has 59 heavy (non-hydrogen) atoms. The van der Waals surface area contributed by atoms with Gasteiger partial charge in [-0.25, -0.2) is 18.1 Å². The number of phosphoric ester groups is 1. The Bertz CT molecular complexity index is 2100. The van der Waals surface area contributed by atoms with Crippen LogP contribution in [0.15, 0.2) is 34.3 Å². The van der Waals surface area contributed by atoms with Crippen LogP contribution in [-0.2, 0) is 39.1 Å². The van der Waals surface area contributed by atoms with Crippen LogP contribution in [0.2, 0.25) is 0 Å². The molecule has 3 amide bonds. The smallest absolute Gasteiger partial charge is 0.475 e. The molecule has 18 nitrogen and oxygen atoms in total. The molecular weight excluding hydrogens is 803 g/mol. The van der Waals surface area contributed by atoms with Gasteiger partial charge in [0.25, 0.3) is 11.8 Å². The van der Waals surface area contributed by atoms with E-state index >= 15 is 0 Å². The molecule has 1 saturated heterocycles. The molecule has 3 atom stereocenters. The van der Waals surface area contributed by atoms with E-state index in [-0.39, 0.29) is 23.8 Å². The van der Waals surface area contributed by atoms with Crippen LogP contribution < -0.4 is 15.5 Å². The van der Waals surface area contributed by atoms with Crippen LogP contribution in [-0.4, -0.2) is 105 Å². The minimum Gasteiger partial charge on any atom is -0.480 e. The van der Waals surface area contributed by atoms with Crippen molar-refractivity contribution < 1.29 is 65.5 Å². The summed E-state index contributed by atoms with van der Waals surface area (Å²) in [4.78, 5) is 75.3. The number of benzene rings is 1. The molecule has 0 unspecified atom stereocenters. The molecule has 2 aromatic rings. The number of hydrogen-bond acceptors (Lipinski definition) is 13. The number of carbonyl (C=O) groups excluding carboxylic acids is 3. The number of hydrogen-bond donors (Lipinski definition) is 2. The fourth-order valence-corrected chi connectivity index (χ4v) is 8.76. The Morgan fingerprint density at radius 3 is 2.39 bits per heavy atom. The molecule has 0 radical (unpaired) electrons. The number of oxime groups is 1. The highest BCUT2D eigenvalue weighted by atomic mass is 31.2. The van der Waals surface area contributed by atoms with Gasteiger partial charge in [-0.15, -0.1) is 0 Å². The number of carboxylic acid groups (broad SMARTS) is 1. The second-order valence-corrected chi connectivity index (χ2v) is 18.1. The van der Waals surface area contributed by atoms with Crippen molar-refractivity contribution in [3.8, 4) is 5.75 Å². The molecule has 2 N–H and O–H groups in total. The van der Waals surface area contributed by atoms with Crippen molar-refractivity contribution in [1.82, 2.24) is 19.7 Å². The van der Waals surface area contributed by atoms with E-state index in [0.29, 0.717) is 35.9 Å². The molecule has 3 aliphatic heterocycles. The van der Waals surface area contributed by atoms with Gasteiger partial charge < -0.3 is 34.2 Å². The molecule has 3 aliphatic rings. The normalized spacial score (nSPS) is 20.3. The predicted molar refractivity (Wildman–Crippen MR) is 205 cm³/mol. The number of aliphatic carboxylic acids is 1.